The van der Waals surface area contributed by atoms with E-state index in [1.165, 1.54) is 37.5 Å². The summed E-state index contributed by atoms with van der Waals surface area (Å²) in [7, 11) is 0. The number of rotatable bonds is 5. The molecular weight excluding hydrogens is 366 g/mol. The summed E-state index contributed by atoms with van der Waals surface area (Å²) in [6, 6.07) is 4.05. The van der Waals surface area contributed by atoms with Crippen molar-refractivity contribution in [1.82, 2.24) is 10.3 Å². The number of hydrogen-bond donors (Lipinski definition) is 2. The molecule has 3 atom stereocenters. The molecule has 2 aliphatic carbocycles. The Bertz CT molecular complexity index is 842. The van der Waals surface area contributed by atoms with Gasteiger partial charge in [0.05, 0.1) is 17.1 Å². The molecule has 4 rings (SSSR count). The number of nitrogens with one attached hydrogen (secondary N) is 2. The van der Waals surface area contributed by atoms with Gasteiger partial charge in [0.25, 0.3) is 0 Å². The van der Waals surface area contributed by atoms with Gasteiger partial charge in [-0.3, -0.25) is 9.59 Å². The summed E-state index contributed by atoms with van der Waals surface area (Å²) < 4.78 is 0. The number of nitrogens with zero attached hydrogens (tertiary/aromatic N) is 1. The highest BCUT2D eigenvalue weighted by Crippen LogP contribution is 2.48. The molecule has 3 unspecified atom stereocenters. The van der Waals surface area contributed by atoms with Crippen LogP contribution in [-0.4, -0.2) is 16.8 Å². The van der Waals surface area contributed by atoms with Crippen LogP contribution in [0, 0.1) is 24.7 Å². The lowest BCUT2D eigenvalue weighted by atomic mass is 9.88. The second kappa shape index (κ2) is 7.12. The Labute approximate surface area is 161 Å². The molecule has 0 saturated heterocycles. The Morgan fingerprint density at radius 3 is 2.77 bits per heavy atom. The van der Waals surface area contributed by atoms with Crippen molar-refractivity contribution in [3.63, 3.8) is 0 Å². The third-order valence-corrected chi connectivity index (χ3v) is 7.49. The number of thiophene rings is 1. The summed E-state index contributed by atoms with van der Waals surface area (Å²) in [5.74, 6) is 1.63. The summed E-state index contributed by atoms with van der Waals surface area (Å²) in [4.78, 5) is 31.6. The highest BCUT2D eigenvalue weighted by molar-refractivity contribution is 7.18. The molecule has 2 N–H and O–H groups in total. The maximum Gasteiger partial charge on any atom is 0.229 e. The maximum atomic E-state index is 12.6. The van der Waals surface area contributed by atoms with Gasteiger partial charge in [0.1, 0.15) is 0 Å². The zero-order valence-electron chi connectivity index (χ0n) is 15.0. The van der Waals surface area contributed by atoms with E-state index in [0.29, 0.717) is 17.6 Å². The molecule has 2 heterocycles. The minimum Gasteiger partial charge on any atom is -0.351 e. The first-order valence-corrected chi connectivity index (χ1v) is 10.7. The third-order valence-electron chi connectivity index (χ3n) is 5.51. The van der Waals surface area contributed by atoms with Gasteiger partial charge in [-0.15, -0.1) is 22.7 Å². The molecule has 2 saturated carbocycles. The van der Waals surface area contributed by atoms with Gasteiger partial charge in [-0.2, -0.15) is 0 Å². The number of anilines is 1. The highest BCUT2D eigenvalue weighted by atomic mass is 32.1. The van der Waals surface area contributed by atoms with Gasteiger partial charge >= 0.3 is 0 Å². The van der Waals surface area contributed by atoms with Crippen molar-refractivity contribution in [3.05, 3.63) is 21.9 Å². The summed E-state index contributed by atoms with van der Waals surface area (Å²) in [6.07, 6.45) is 4.78. The molecule has 0 aliphatic heterocycles. The predicted molar refractivity (Wildman–Crippen MR) is 105 cm³/mol. The molecule has 2 aromatic heterocycles. The van der Waals surface area contributed by atoms with E-state index in [9.17, 15) is 9.59 Å². The zero-order valence-corrected chi connectivity index (χ0v) is 16.6. The third kappa shape index (κ3) is 3.55. The molecule has 2 aromatic rings. The van der Waals surface area contributed by atoms with Crippen molar-refractivity contribution in [3.8, 4) is 10.6 Å². The van der Waals surface area contributed by atoms with Gasteiger partial charge < -0.3 is 10.6 Å². The van der Waals surface area contributed by atoms with Crippen molar-refractivity contribution in [1.29, 1.82) is 0 Å². The van der Waals surface area contributed by atoms with Crippen LogP contribution in [0.25, 0.3) is 10.6 Å². The standard InChI is InChI=1S/C19H23N3O2S2/c1-10-17(16-6-5-14(26-16)9-20-11(2)23)21-19(25-10)22-18(24)15-8-12-3-4-13(15)7-12/h5-6,12-13,15H,3-4,7-9H2,1-2H3,(H,20,23)(H,21,22,24). The molecular formula is C19H23N3O2S2. The number of carbonyl (C=O) groups excluding carboxylic acids is 2. The molecule has 2 aliphatic rings. The van der Waals surface area contributed by atoms with Gasteiger partial charge in [-0.25, -0.2) is 4.98 Å². The topological polar surface area (TPSA) is 71.1 Å². The average molecular weight is 390 g/mol. The number of aromatic nitrogens is 1. The molecule has 138 valence electrons. The Kier molecular flexibility index (Phi) is 4.84. The van der Waals surface area contributed by atoms with Crippen LogP contribution in [-0.2, 0) is 16.1 Å². The normalized spacial score (nSPS) is 24.0. The predicted octanol–water partition coefficient (Wildman–Crippen LogP) is 4.19. The molecule has 26 heavy (non-hydrogen) atoms. The molecule has 2 amide bonds. The van der Waals surface area contributed by atoms with E-state index in [4.69, 9.17) is 0 Å². The van der Waals surface area contributed by atoms with Crippen LogP contribution >= 0.6 is 22.7 Å². The second-order valence-electron chi connectivity index (χ2n) is 7.37. The quantitative estimate of drug-likeness (QED) is 0.805. The van der Waals surface area contributed by atoms with Gasteiger partial charge in [0.15, 0.2) is 5.13 Å². The lowest BCUT2D eigenvalue weighted by Crippen LogP contribution is -2.27. The summed E-state index contributed by atoms with van der Waals surface area (Å²) in [5, 5.41) is 6.57. The lowest BCUT2D eigenvalue weighted by Gasteiger charge is -2.19. The Hall–Kier alpha value is -1.73. The summed E-state index contributed by atoms with van der Waals surface area (Å²) >= 11 is 3.16. The van der Waals surface area contributed by atoms with Gasteiger partial charge in [0.2, 0.25) is 11.8 Å². The van der Waals surface area contributed by atoms with Crippen LogP contribution in [0.1, 0.15) is 42.4 Å². The molecule has 0 spiro atoms. The smallest absolute Gasteiger partial charge is 0.229 e. The molecule has 2 fully saturated rings. The number of amides is 2. The van der Waals surface area contributed by atoms with E-state index < -0.39 is 0 Å². The van der Waals surface area contributed by atoms with Crippen molar-refractivity contribution in [2.24, 2.45) is 17.8 Å². The second-order valence-corrected chi connectivity index (χ2v) is 9.74. The van der Waals surface area contributed by atoms with E-state index in [1.807, 2.05) is 19.1 Å². The van der Waals surface area contributed by atoms with Crippen LogP contribution < -0.4 is 10.6 Å². The molecule has 7 heteroatoms. The molecule has 5 nitrogen and oxygen atoms in total. The monoisotopic (exact) mass is 389 g/mol. The first-order chi connectivity index (χ1) is 12.5. The fourth-order valence-corrected chi connectivity index (χ4v) is 6.14. The summed E-state index contributed by atoms with van der Waals surface area (Å²) in [6.45, 7) is 4.09. The van der Waals surface area contributed by atoms with E-state index >= 15 is 0 Å². The van der Waals surface area contributed by atoms with Crippen LogP contribution in [0.3, 0.4) is 0 Å². The SMILES string of the molecule is CC(=O)NCc1ccc(-c2nc(NC(=O)C3CC4CCC3C4)sc2C)s1. The molecule has 2 bridgehead atoms. The minimum absolute atomic E-state index is 0.0320. The Balaban J connectivity index is 1.44. The first-order valence-electron chi connectivity index (χ1n) is 9.11. The number of aryl methyl sites for hydroxylation is 1. The van der Waals surface area contributed by atoms with Crippen LogP contribution in [0.5, 0.6) is 0 Å². The van der Waals surface area contributed by atoms with E-state index in [1.54, 1.807) is 11.3 Å². The van der Waals surface area contributed by atoms with Crippen molar-refractivity contribution in [2.45, 2.75) is 46.1 Å². The number of fused-ring (bicyclic) bond motifs is 2. The average Bonchev–Trinajstić information content (AvgIpc) is 3.36. The van der Waals surface area contributed by atoms with E-state index in [0.717, 1.165) is 32.7 Å². The van der Waals surface area contributed by atoms with Crippen LogP contribution in [0.4, 0.5) is 5.13 Å². The van der Waals surface area contributed by atoms with Gasteiger partial charge in [-0.1, -0.05) is 6.42 Å². The maximum absolute atomic E-state index is 12.6. The number of hydrogen-bond acceptors (Lipinski definition) is 5. The van der Waals surface area contributed by atoms with E-state index in [-0.39, 0.29) is 17.7 Å². The van der Waals surface area contributed by atoms with Crippen LogP contribution in [0.15, 0.2) is 12.1 Å². The molecule has 0 aromatic carbocycles. The first kappa shape index (κ1) is 17.7. The number of thiazole rings is 1. The van der Waals surface area contributed by atoms with Crippen molar-refractivity contribution in [2.75, 3.05) is 5.32 Å². The Morgan fingerprint density at radius 1 is 1.23 bits per heavy atom. The fraction of sp³-hybridized carbons (Fsp3) is 0.526. The zero-order chi connectivity index (χ0) is 18.3. The summed E-state index contributed by atoms with van der Waals surface area (Å²) in [5.41, 5.74) is 0.928. The minimum atomic E-state index is -0.0320. The Morgan fingerprint density at radius 2 is 2.08 bits per heavy atom. The van der Waals surface area contributed by atoms with Crippen LogP contribution in [0.2, 0.25) is 0 Å². The van der Waals surface area contributed by atoms with E-state index in [2.05, 4.69) is 15.6 Å². The molecule has 0 radical (unpaired) electrons. The van der Waals surface area contributed by atoms with Gasteiger partial charge in [0, 0.05) is 22.6 Å². The van der Waals surface area contributed by atoms with Crippen molar-refractivity contribution >= 4 is 39.6 Å². The van der Waals surface area contributed by atoms with Gasteiger partial charge in [-0.05, 0) is 50.2 Å². The highest BCUT2D eigenvalue weighted by Gasteiger charge is 2.43. The van der Waals surface area contributed by atoms with Crippen molar-refractivity contribution < 1.29 is 9.59 Å². The fourth-order valence-electron chi connectivity index (χ4n) is 4.25. The lowest BCUT2D eigenvalue weighted by molar-refractivity contribution is -0.121. The largest absolute Gasteiger partial charge is 0.351 e. The number of carbonyl (C=O) groups is 2.